The number of rotatable bonds is 5. The smallest absolute Gasteiger partial charge is 0.0687 e. The number of nitrogens with zero attached hydrogens (tertiary/aromatic N) is 1. The second-order valence-corrected chi connectivity index (χ2v) is 8.87. The Bertz CT molecular complexity index is 465. The lowest BCUT2D eigenvalue weighted by atomic mass is 9.80. The van der Waals surface area contributed by atoms with Gasteiger partial charge in [0.1, 0.15) is 0 Å². The Labute approximate surface area is 142 Å². The summed E-state index contributed by atoms with van der Waals surface area (Å²) in [6.45, 7) is 17.9. The van der Waals surface area contributed by atoms with Crippen LogP contribution in [0.25, 0.3) is 0 Å². The van der Waals surface area contributed by atoms with E-state index in [2.05, 4.69) is 64.6 Å². The topological polar surface area (TPSA) is 43.7 Å². The van der Waals surface area contributed by atoms with Gasteiger partial charge in [-0.3, -0.25) is 0 Å². The molecule has 0 spiro atoms. The predicted molar refractivity (Wildman–Crippen MR) is 99.4 cm³/mol. The molecule has 1 aromatic rings. The van der Waals surface area contributed by atoms with E-state index in [1.54, 1.807) is 13.8 Å². The van der Waals surface area contributed by atoms with Gasteiger partial charge in [0.15, 0.2) is 0 Å². The van der Waals surface area contributed by atoms with Crippen LogP contribution < -0.4 is 4.90 Å². The molecule has 3 heteroatoms. The van der Waals surface area contributed by atoms with E-state index >= 15 is 0 Å². The molecule has 2 atom stereocenters. The van der Waals surface area contributed by atoms with Crippen LogP contribution in [0.3, 0.4) is 0 Å². The summed E-state index contributed by atoms with van der Waals surface area (Å²) in [5.74, 6) is 0. The highest BCUT2D eigenvalue weighted by Crippen LogP contribution is 2.33. The standard InChI is InChI=1S/C20H35NO2/c1-14(22)12-21(13-15(2)23)18-10-16(19(3,4)5)9-17(11-18)20(6,7)8/h9-11,14-15,22-23H,12-13H2,1-8H3. The average molecular weight is 322 g/mol. The molecular weight excluding hydrogens is 286 g/mol. The Balaban J connectivity index is 3.41. The van der Waals surface area contributed by atoms with Crippen LogP contribution in [0.1, 0.15) is 66.5 Å². The molecule has 0 amide bonds. The molecule has 0 bridgehead atoms. The molecule has 0 saturated heterocycles. The molecule has 1 rings (SSSR count). The number of anilines is 1. The molecule has 2 N–H and O–H groups in total. The van der Waals surface area contributed by atoms with Gasteiger partial charge in [0.05, 0.1) is 12.2 Å². The van der Waals surface area contributed by atoms with Crippen LogP contribution in [0.5, 0.6) is 0 Å². The van der Waals surface area contributed by atoms with Crippen molar-refractivity contribution in [2.24, 2.45) is 0 Å². The molecule has 0 aromatic heterocycles. The molecule has 0 aliphatic carbocycles. The first-order valence-corrected chi connectivity index (χ1v) is 8.58. The third-order valence-corrected chi connectivity index (χ3v) is 3.98. The van der Waals surface area contributed by atoms with Gasteiger partial charge in [0, 0.05) is 18.8 Å². The minimum absolute atomic E-state index is 0.0529. The summed E-state index contributed by atoms with van der Waals surface area (Å²) in [5.41, 5.74) is 3.74. The molecule has 132 valence electrons. The molecule has 3 nitrogen and oxygen atoms in total. The van der Waals surface area contributed by atoms with Crippen LogP contribution in [0, 0.1) is 0 Å². The van der Waals surface area contributed by atoms with E-state index in [9.17, 15) is 10.2 Å². The molecule has 23 heavy (non-hydrogen) atoms. The summed E-state index contributed by atoms with van der Waals surface area (Å²) in [6, 6.07) is 6.67. The van der Waals surface area contributed by atoms with Gasteiger partial charge in [-0.25, -0.2) is 0 Å². The Hall–Kier alpha value is -1.06. The fourth-order valence-electron chi connectivity index (χ4n) is 2.58. The zero-order valence-electron chi connectivity index (χ0n) is 16.1. The quantitative estimate of drug-likeness (QED) is 0.866. The summed E-state index contributed by atoms with van der Waals surface area (Å²) < 4.78 is 0. The highest BCUT2D eigenvalue weighted by atomic mass is 16.3. The molecule has 0 aliphatic heterocycles. The molecule has 0 aliphatic rings. The number of hydrogen-bond acceptors (Lipinski definition) is 3. The van der Waals surface area contributed by atoms with E-state index in [-0.39, 0.29) is 10.8 Å². The summed E-state index contributed by atoms with van der Waals surface area (Å²) in [4.78, 5) is 2.08. The Kier molecular flexibility index (Phi) is 6.28. The zero-order valence-corrected chi connectivity index (χ0v) is 16.1. The second-order valence-electron chi connectivity index (χ2n) is 8.87. The third-order valence-electron chi connectivity index (χ3n) is 3.98. The molecule has 0 saturated carbocycles. The van der Waals surface area contributed by atoms with Crippen molar-refractivity contribution in [3.05, 3.63) is 29.3 Å². The van der Waals surface area contributed by atoms with Crippen LogP contribution in [0.4, 0.5) is 5.69 Å². The third kappa shape index (κ3) is 6.15. The maximum atomic E-state index is 9.83. The van der Waals surface area contributed by atoms with Crippen molar-refractivity contribution in [3.63, 3.8) is 0 Å². The number of aliphatic hydroxyl groups is 2. The van der Waals surface area contributed by atoms with Gasteiger partial charge >= 0.3 is 0 Å². The first-order chi connectivity index (χ1) is 10.3. The molecule has 0 fully saturated rings. The normalized spacial score (nSPS) is 15.4. The van der Waals surface area contributed by atoms with Gasteiger partial charge in [0.2, 0.25) is 0 Å². The van der Waals surface area contributed by atoms with Gasteiger partial charge in [-0.15, -0.1) is 0 Å². The summed E-state index contributed by atoms with van der Waals surface area (Å²) in [6.07, 6.45) is -0.879. The lowest BCUT2D eigenvalue weighted by molar-refractivity contribution is 0.178. The monoisotopic (exact) mass is 321 g/mol. The van der Waals surface area contributed by atoms with Crippen molar-refractivity contribution in [1.29, 1.82) is 0 Å². The Morgan fingerprint density at radius 1 is 0.783 bits per heavy atom. The van der Waals surface area contributed by atoms with Crippen molar-refractivity contribution >= 4 is 5.69 Å². The lowest BCUT2D eigenvalue weighted by Gasteiger charge is -2.32. The lowest BCUT2D eigenvalue weighted by Crippen LogP contribution is -2.36. The highest BCUT2D eigenvalue weighted by molar-refractivity contribution is 5.54. The minimum atomic E-state index is -0.440. The highest BCUT2D eigenvalue weighted by Gasteiger charge is 2.22. The predicted octanol–water partition coefficient (Wildman–Crippen LogP) is 3.85. The van der Waals surface area contributed by atoms with Crippen molar-refractivity contribution in [2.45, 2.75) is 78.4 Å². The van der Waals surface area contributed by atoms with E-state index in [1.807, 2.05) is 0 Å². The van der Waals surface area contributed by atoms with Crippen molar-refractivity contribution in [1.82, 2.24) is 0 Å². The SMILES string of the molecule is CC(O)CN(CC(C)O)c1cc(C(C)(C)C)cc(C(C)(C)C)c1. The van der Waals surface area contributed by atoms with Crippen molar-refractivity contribution in [3.8, 4) is 0 Å². The van der Waals surface area contributed by atoms with E-state index in [4.69, 9.17) is 0 Å². The molecular formula is C20H35NO2. The van der Waals surface area contributed by atoms with Crippen LogP contribution >= 0.6 is 0 Å². The van der Waals surface area contributed by atoms with Crippen molar-refractivity contribution in [2.75, 3.05) is 18.0 Å². The van der Waals surface area contributed by atoms with E-state index < -0.39 is 12.2 Å². The van der Waals surface area contributed by atoms with E-state index in [0.717, 1.165) is 5.69 Å². The van der Waals surface area contributed by atoms with Crippen LogP contribution in [0.15, 0.2) is 18.2 Å². The van der Waals surface area contributed by atoms with Gasteiger partial charge in [0.25, 0.3) is 0 Å². The molecule has 2 unspecified atom stereocenters. The molecule has 1 aromatic carbocycles. The average Bonchev–Trinajstić information content (AvgIpc) is 2.34. The van der Waals surface area contributed by atoms with E-state index in [0.29, 0.717) is 13.1 Å². The summed E-state index contributed by atoms with van der Waals surface area (Å²) in [5, 5.41) is 19.7. The maximum Gasteiger partial charge on any atom is 0.0687 e. The maximum absolute atomic E-state index is 9.83. The Morgan fingerprint density at radius 3 is 1.39 bits per heavy atom. The summed E-state index contributed by atoms with van der Waals surface area (Å²) >= 11 is 0. The number of benzene rings is 1. The van der Waals surface area contributed by atoms with Crippen LogP contribution in [0.2, 0.25) is 0 Å². The molecule has 0 heterocycles. The van der Waals surface area contributed by atoms with E-state index in [1.165, 1.54) is 11.1 Å². The number of aliphatic hydroxyl groups excluding tert-OH is 2. The Morgan fingerprint density at radius 2 is 1.13 bits per heavy atom. The molecule has 0 radical (unpaired) electrons. The first kappa shape index (κ1) is 20.0. The van der Waals surface area contributed by atoms with Gasteiger partial charge < -0.3 is 15.1 Å². The van der Waals surface area contributed by atoms with Crippen LogP contribution in [-0.4, -0.2) is 35.5 Å². The fourth-order valence-corrected chi connectivity index (χ4v) is 2.58. The van der Waals surface area contributed by atoms with Gasteiger partial charge in [-0.2, -0.15) is 0 Å². The van der Waals surface area contributed by atoms with Crippen LogP contribution in [-0.2, 0) is 10.8 Å². The first-order valence-electron chi connectivity index (χ1n) is 8.58. The summed E-state index contributed by atoms with van der Waals surface area (Å²) in [7, 11) is 0. The van der Waals surface area contributed by atoms with Gasteiger partial charge in [-0.1, -0.05) is 47.6 Å². The zero-order chi connectivity index (χ0) is 18.0. The largest absolute Gasteiger partial charge is 0.392 e. The van der Waals surface area contributed by atoms with Gasteiger partial charge in [-0.05, 0) is 47.9 Å². The minimum Gasteiger partial charge on any atom is -0.392 e. The number of hydrogen-bond donors (Lipinski definition) is 2. The fraction of sp³-hybridized carbons (Fsp3) is 0.700. The van der Waals surface area contributed by atoms with Crippen molar-refractivity contribution < 1.29 is 10.2 Å². The second kappa shape index (κ2) is 7.23.